The standard InChI is InChI=1S/C21H38O4/c1-4-5-6-7-8-20(23)21-15(2)9-10-19(25-21)14-18(22)13-17-11-12-24-16(17)3/h15-17,19-21,23H,4-14H2,1-3H3/t15?,16-,17?,19?,20?,21?/m0/s1. The highest BCUT2D eigenvalue weighted by Crippen LogP contribution is 2.31. The fourth-order valence-corrected chi connectivity index (χ4v) is 4.28. The molecule has 1 N–H and O–H groups in total. The van der Waals surface area contributed by atoms with Crippen molar-refractivity contribution < 1.29 is 19.4 Å². The Kier molecular flexibility index (Phi) is 8.88. The molecule has 0 bridgehead atoms. The van der Waals surface area contributed by atoms with E-state index >= 15 is 0 Å². The minimum absolute atomic E-state index is 0.0170. The molecular weight excluding hydrogens is 316 g/mol. The lowest BCUT2D eigenvalue weighted by Gasteiger charge is -2.37. The Morgan fingerprint density at radius 1 is 1.12 bits per heavy atom. The molecule has 2 rings (SSSR count). The molecule has 0 aliphatic carbocycles. The summed E-state index contributed by atoms with van der Waals surface area (Å²) in [4.78, 5) is 12.4. The van der Waals surface area contributed by atoms with Crippen LogP contribution < -0.4 is 0 Å². The van der Waals surface area contributed by atoms with Gasteiger partial charge in [-0.3, -0.25) is 4.79 Å². The van der Waals surface area contributed by atoms with Crippen molar-refractivity contribution in [3.63, 3.8) is 0 Å². The molecule has 0 radical (unpaired) electrons. The Morgan fingerprint density at radius 3 is 2.60 bits per heavy atom. The predicted molar refractivity (Wildman–Crippen MR) is 99.6 cm³/mol. The quantitative estimate of drug-likeness (QED) is 0.595. The van der Waals surface area contributed by atoms with Gasteiger partial charge in [-0.15, -0.1) is 0 Å². The van der Waals surface area contributed by atoms with E-state index in [2.05, 4.69) is 20.8 Å². The zero-order valence-corrected chi connectivity index (χ0v) is 16.4. The van der Waals surface area contributed by atoms with Crippen LogP contribution in [0.25, 0.3) is 0 Å². The smallest absolute Gasteiger partial charge is 0.135 e. The number of Topliss-reactive ketones (excluding diaryl/α,β-unsaturated/α-hetero) is 1. The Morgan fingerprint density at radius 2 is 1.92 bits per heavy atom. The van der Waals surface area contributed by atoms with Crippen molar-refractivity contribution in [2.45, 2.75) is 109 Å². The number of ether oxygens (including phenoxy) is 2. The first-order valence-electron chi connectivity index (χ1n) is 10.5. The first-order chi connectivity index (χ1) is 12.0. The van der Waals surface area contributed by atoms with Crippen LogP contribution in [-0.4, -0.2) is 41.9 Å². The molecule has 2 aliphatic heterocycles. The average Bonchev–Trinajstić information content (AvgIpc) is 2.98. The molecule has 25 heavy (non-hydrogen) atoms. The molecule has 0 spiro atoms. The topological polar surface area (TPSA) is 55.8 Å². The van der Waals surface area contributed by atoms with Crippen molar-refractivity contribution in [3.05, 3.63) is 0 Å². The lowest BCUT2D eigenvalue weighted by Crippen LogP contribution is -2.42. The van der Waals surface area contributed by atoms with E-state index in [0.29, 0.717) is 24.7 Å². The summed E-state index contributed by atoms with van der Waals surface area (Å²) in [5.41, 5.74) is 0. The second-order valence-corrected chi connectivity index (χ2v) is 8.27. The summed E-state index contributed by atoms with van der Waals surface area (Å²) in [6.45, 7) is 7.20. The van der Waals surface area contributed by atoms with Crippen molar-refractivity contribution in [1.29, 1.82) is 0 Å². The van der Waals surface area contributed by atoms with Crippen molar-refractivity contribution in [2.75, 3.05) is 6.61 Å². The summed E-state index contributed by atoms with van der Waals surface area (Å²) < 4.78 is 11.7. The van der Waals surface area contributed by atoms with E-state index in [1.807, 2.05) is 0 Å². The molecule has 0 aromatic heterocycles. The summed E-state index contributed by atoms with van der Waals surface area (Å²) >= 11 is 0. The second kappa shape index (κ2) is 10.6. The normalized spacial score (nSPS) is 34.2. The number of rotatable bonds is 10. The van der Waals surface area contributed by atoms with E-state index in [9.17, 15) is 9.90 Å². The van der Waals surface area contributed by atoms with Gasteiger partial charge in [0, 0.05) is 19.4 Å². The van der Waals surface area contributed by atoms with Crippen molar-refractivity contribution >= 4 is 5.78 Å². The van der Waals surface area contributed by atoms with E-state index in [1.165, 1.54) is 19.3 Å². The van der Waals surface area contributed by atoms with Crippen LogP contribution in [0.2, 0.25) is 0 Å². The average molecular weight is 355 g/mol. The van der Waals surface area contributed by atoms with E-state index in [4.69, 9.17) is 9.47 Å². The van der Waals surface area contributed by atoms with Gasteiger partial charge in [0.05, 0.1) is 24.4 Å². The Labute approximate surface area is 153 Å². The predicted octanol–water partition coefficient (Wildman–Crippen LogP) is 4.28. The maximum atomic E-state index is 12.4. The van der Waals surface area contributed by atoms with Gasteiger partial charge in [0.1, 0.15) is 5.78 Å². The van der Waals surface area contributed by atoms with Crippen LogP contribution in [-0.2, 0) is 14.3 Å². The van der Waals surface area contributed by atoms with Crippen LogP contribution in [0.15, 0.2) is 0 Å². The third-order valence-electron chi connectivity index (χ3n) is 6.07. The molecule has 0 saturated carbocycles. The fourth-order valence-electron chi connectivity index (χ4n) is 4.28. The maximum absolute atomic E-state index is 12.4. The van der Waals surface area contributed by atoms with E-state index in [-0.39, 0.29) is 24.1 Å². The number of carbonyl (C=O) groups excluding carboxylic acids is 1. The van der Waals surface area contributed by atoms with Gasteiger partial charge in [0.15, 0.2) is 0 Å². The third-order valence-corrected chi connectivity index (χ3v) is 6.07. The molecule has 6 atom stereocenters. The van der Waals surface area contributed by atoms with E-state index in [1.54, 1.807) is 0 Å². The molecular formula is C21H38O4. The van der Waals surface area contributed by atoms with Crippen molar-refractivity contribution in [1.82, 2.24) is 0 Å². The molecule has 2 saturated heterocycles. The number of carbonyl (C=O) groups is 1. The van der Waals surface area contributed by atoms with Gasteiger partial charge in [-0.2, -0.15) is 0 Å². The zero-order valence-electron chi connectivity index (χ0n) is 16.4. The fraction of sp³-hybridized carbons (Fsp3) is 0.952. The van der Waals surface area contributed by atoms with Gasteiger partial charge in [0.2, 0.25) is 0 Å². The molecule has 0 aromatic carbocycles. The summed E-state index contributed by atoms with van der Waals surface area (Å²) in [5, 5.41) is 10.5. The molecule has 2 fully saturated rings. The molecule has 4 nitrogen and oxygen atoms in total. The van der Waals surface area contributed by atoms with Crippen LogP contribution >= 0.6 is 0 Å². The van der Waals surface area contributed by atoms with Gasteiger partial charge in [-0.05, 0) is 44.4 Å². The van der Waals surface area contributed by atoms with E-state index in [0.717, 1.165) is 38.7 Å². The Balaban J connectivity index is 1.75. The Bertz CT molecular complexity index is 397. The highest BCUT2D eigenvalue weighted by molar-refractivity contribution is 5.79. The van der Waals surface area contributed by atoms with Crippen LogP contribution in [0.5, 0.6) is 0 Å². The monoisotopic (exact) mass is 354 g/mol. The van der Waals surface area contributed by atoms with Crippen LogP contribution in [0.4, 0.5) is 0 Å². The number of aliphatic hydroxyl groups is 1. The summed E-state index contributed by atoms with van der Waals surface area (Å²) in [6.07, 6.45) is 9.25. The van der Waals surface area contributed by atoms with Gasteiger partial charge in [0.25, 0.3) is 0 Å². The van der Waals surface area contributed by atoms with Crippen molar-refractivity contribution in [2.24, 2.45) is 11.8 Å². The number of hydrogen-bond acceptors (Lipinski definition) is 4. The molecule has 4 heteroatoms. The van der Waals surface area contributed by atoms with Crippen LogP contribution in [0, 0.1) is 11.8 Å². The maximum Gasteiger partial charge on any atom is 0.135 e. The molecule has 0 amide bonds. The Hall–Kier alpha value is -0.450. The minimum Gasteiger partial charge on any atom is -0.390 e. The molecule has 5 unspecified atom stereocenters. The summed E-state index contributed by atoms with van der Waals surface area (Å²) in [7, 11) is 0. The lowest BCUT2D eigenvalue weighted by atomic mass is 9.86. The largest absolute Gasteiger partial charge is 0.390 e. The number of unbranched alkanes of at least 4 members (excludes halogenated alkanes) is 3. The third kappa shape index (κ3) is 6.65. The molecule has 2 heterocycles. The lowest BCUT2D eigenvalue weighted by molar-refractivity contribution is -0.145. The van der Waals surface area contributed by atoms with Gasteiger partial charge in [-0.25, -0.2) is 0 Å². The van der Waals surface area contributed by atoms with Gasteiger partial charge in [-0.1, -0.05) is 39.5 Å². The highest BCUT2D eigenvalue weighted by Gasteiger charge is 2.34. The number of ketones is 1. The molecule has 146 valence electrons. The first kappa shape index (κ1) is 20.9. The summed E-state index contributed by atoms with van der Waals surface area (Å²) in [5.74, 6) is 1.03. The minimum atomic E-state index is -0.395. The SMILES string of the molecule is CCCCCCC(O)C1OC(CC(=O)CC2CCO[C@H]2C)CCC1C. The van der Waals surface area contributed by atoms with Gasteiger partial charge >= 0.3 is 0 Å². The van der Waals surface area contributed by atoms with Crippen LogP contribution in [0.3, 0.4) is 0 Å². The number of hydrogen-bond donors (Lipinski definition) is 1. The zero-order chi connectivity index (χ0) is 18.2. The van der Waals surface area contributed by atoms with Crippen molar-refractivity contribution in [3.8, 4) is 0 Å². The second-order valence-electron chi connectivity index (χ2n) is 8.27. The van der Waals surface area contributed by atoms with Crippen LogP contribution in [0.1, 0.15) is 85.0 Å². The van der Waals surface area contributed by atoms with E-state index < -0.39 is 6.10 Å². The number of aliphatic hydroxyl groups excluding tert-OH is 1. The molecule has 0 aromatic rings. The first-order valence-corrected chi connectivity index (χ1v) is 10.5. The molecule has 2 aliphatic rings. The highest BCUT2D eigenvalue weighted by atomic mass is 16.5. The summed E-state index contributed by atoms with van der Waals surface area (Å²) in [6, 6.07) is 0. The van der Waals surface area contributed by atoms with Gasteiger partial charge < -0.3 is 14.6 Å².